The first-order chi connectivity index (χ1) is 9.28. The molecule has 2 rings (SSSR count). The molecule has 2 aromatic rings. The Labute approximate surface area is 114 Å². The SMILES string of the molecule is CCC(N)Cc1ccc(OCc2ccccn2)cc1. The zero-order valence-corrected chi connectivity index (χ0v) is 11.3. The molecule has 19 heavy (non-hydrogen) atoms. The van der Waals surface area contributed by atoms with Crippen LogP contribution in [0.5, 0.6) is 5.75 Å². The molecule has 0 aliphatic heterocycles. The standard InChI is InChI=1S/C16H20N2O/c1-2-14(17)11-13-6-8-16(9-7-13)19-12-15-5-3-4-10-18-15/h3-10,14H,2,11-12,17H2,1H3. The van der Waals surface area contributed by atoms with Crippen LogP contribution in [0.25, 0.3) is 0 Å². The van der Waals surface area contributed by atoms with Crippen LogP contribution in [-0.2, 0) is 13.0 Å². The van der Waals surface area contributed by atoms with Crippen LogP contribution < -0.4 is 10.5 Å². The van der Waals surface area contributed by atoms with Crippen molar-refractivity contribution in [2.24, 2.45) is 5.73 Å². The normalized spacial score (nSPS) is 12.1. The topological polar surface area (TPSA) is 48.1 Å². The molecule has 0 aliphatic carbocycles. The second-order valence-electron chi connectivity index (χ2n) is 4.63. The number of hydrogen-bond donors (Lipinski definition) is 1. The second-order valence-corrected chi connectivity index (χ2v) is 4.63. The van der Waals surface area contributed by atoms with Gasteiger partial charge in [-0.05, 0) is 42.7 Å². The second kappa shape index (κ2) is 6.90. The van der Waals surface area contributed by atoms with E-state index < -0.39 is 0 Å². The van der Waals surface area contributed by atoms with E-state index in [9.17, 15) is 0 Å². The van der Waals surface area contributed by atoms with Crippen LogP contribution >= 0.6 is 0 Å². The Hall–Kier alpha value is -1.87. The zero-order valence-electron chi connectivity index (χ0n) is 11.3. The Bertz CT molecular complexity index is 482. The van der Waals surface area contributed by atoms with Gasteiger partial charge >= 0.3 is 0 Å². The number of aromatic nitrogens is 1. The van der Waals surface area contributed by atoms with E-state index in [0.717, 1.165) is 24.3 Å². The van der Waals surface area contributed by atoms with Gasteiger partial charge in [-0.3, -0.25) is 4.98 Å². The van der Waals surface area contributed by atoms with Crippen LogP contribution in [0.1, 0.15) is 24.6 Å². The predicted molar refractivity (Wildman–Crippen MR) is 77.0 cm³/mol. The quantitative estimate of drug-likeness (QED) is 0.864. The maximum absolute atomic E-state index is 5.94. The molecule has 1 unspecified atom stereocenters. The number of benzene rings is 1. The average molecular weight is 256 g/mol. The van der Waals surface area contributed by atoms with Crippen LogP contribution in [0, 0.1) is 0 Å². The van der Waals surface area contributed by atoms with Crippen molar-refractivity contribution in [3.05, 3.63) is 59.9 Å². The summed E-state index contributed by atoms with van der Waals surface area (Å²) in [4.78, 5) is 4.22. The lowest BCUT2D eigenvalue weighted by atomic mass is 10.0. The van der Waals surface area contributed by atoms with E-state index in [1.54, 1.807) is 6.20 Å². The summed E-state index contributed by atoms with van der Waals surface area (Å²) in [6, 6.07) is 14.2. The van der Waals surface area contributed by atoms with E-state index in [2.05, 4.69) is 24.0 Å². The Morgan fingerprint density at radius 1 is 1.16 bits per heavy atom. The van der Waals surface area contributed by atoms with Gasteiger partial charge in [0.2, 0.25) is 0 Å². The van der Waals surface area contributed by atoms with E-state index in [1.807, 2.05) is 30.3 Å². The highest BCUT2D eigenvalue weighted by Crippen LogP contribution is 2.15. The van der Waals surface area contributed by atoms with Gasteiger partial charge in [-0.25, -0.2) is 0 Å². The van der Waals surface area contributed by atoms with Gasteiger partial charge in [0.15, 0.2) is 0 Å². The van der Waals surface area contributed by atoms with Crippen LogP contribution in [-0.4, -0.2) is 11.0 Å². The molecule has 0 saturated carbocycles. The molecular weight excluding hydrogens is 236 g/mol. The van der Waals surface area contributed by atoms with Gasteiger partial charge in [-0.1, -0.05) is 25.1 Å². The molecule has 0 fully saturated rings. The van der Waals surface area contributed by atoms with Gasteiger partial charge < -0.3 is 10.5 Å². The van der Waals surface area contributed by atoms with Crippen molar-refractivity contribution < 1.29 is 4.74 Å². The fraction of sp³-hybridized carbons (Fsp3) is 0.312. The van der Waals surface area contributed by atoms with Crippen molar-refractivity contribution in [2.75, 3.05) is 0 Å². The maximum Gasteiger partial charge on any atom is 0.130 e. The lowest BCUT2D eigenvalue weighted by Crippen LogP contribution is -2.21. The highest BCUT2D eigenvalue weighted by molar-refractivity contribution is 5.28. The summed E-state index contributed by atoms with van der Waals surface area (Å²) >= 11 is 0. The molecule has 0 bridgehead atoms. The first kappa shape index (κ1) is 13.6. The first-order valence-corrected chi connectivity index (χ1v) is 6.65. The third-order valence-corrected chi connectivity index (χ3v) is 3.06. The molecule has 100 valence electrons. The Balaban J connectivity index is 1.88. The highest BCUT2D eigenvalue weighted by Gasteiger charge is 2.02. The van der Waals surface area contributed by atoms with Gasteiger partial charge in [0, 0.05) is 12.2 Å². The molecule has 1 atom stereocenters. The number of ether oxygens (including phenoxy) is 1. The Kier molecular flexibility index (Phi) is 4.93. The van der Waals surface area contributed by atoms with Crippen molar-refractivity contribution in [1.82, 2.24) is 4.98 Å². The lowest BCUT2D eigenvalue weighted by Gasteiger charge is -2.10. The summed E-state index contributed by atoms with van der Waals surface area (Å²) in [6.45, 7) is 2.60. The minimum atomic E-state index is 0.236. The number of pyridine rings is 1. The summed E-state index contributed by atoms with van der Waals surface area (Å²) in [5.41, 5.74) is 8.12. The van der Waals surface area contributed by atoms with Crippen molar-refractivity contribution in [1.29, 1.82) is 0 Å². The fourth-order valence-electron chi connectivity index (χ4n) is 1.81. The average Bonchev–Trinajstić information content (AvgIpc) is 2.47. The van der Waals surface area contributed by atoms with Gasteiger partial charge in [0.25, 0.3) is 0 Å². The van der Waals surface area contributed by atoms with Crippen LogP contribution in [0.3, 0.4) is 0 Å². The molecule has 3 nitrogen and oxygen atoms in total. The van der Waals surface area contributed by atoms with Crippen molar-refractivity contribution in [3.8, 4) is 5.75 Å². The fourth-order valence-corrected chi connectivity index (χ4v) is 1.81. The molecule has 1 aromatic heterocycles. The number of hydrogen-bond acceptors (Lipinski definition) is 3. The monoisotopic (exact) mass is 256 g/mol. The number of nitrogens with zero attached hydrogens (tertiary/aromatic N) is 1. The van der Waals surface area contributed by atoms with Crippen molar-refractivity contribution in [3.63, 3.8) is 0 Å². The molecule has 1 aromatic carbocycles. The van der Waals surface area contributed by atoms with Crippen molar-refractivity contribution in [2.45, 2.75) is 32.4 Å². The summed E-state index contributed by atoms with van der Waals surface area (Å²) < 4.78 is 5.68. The van der Waals surface area contributed by atoms with Gasteiger partial charge in [0.05, 0.1) is 5.69 Å². The van der Waals surface area contributed by atoms with E-state index in [-0.39, 0.29) is 6.04 Å². The summed E-state index contributed by atoms with van der Waals surface area (Å²) in [7, 11) is 0. The Morgan fingerprint density at radius 2 is 1.95 bits per heavy atom. The van der Waals surface area contributed by atoms with E-state index >= 15 is 0 Å². The van der Waals surface area contributed by atoms with Gasteiger partial charge in [-0.15, -0.1) is 0 Å². The van der Waals surface area contributed by atoms with Gasteiger partial charge in [-0.2, -0.15) is 0 Å². The third-order valence-electron chi connectivity index (χ3n) is 3.06. The maximum atomic E-state index is 5.94. The largest absolute Gasteiger partial charge is 0.487 e. The lowest BCUT2D eigenvalue weighted by molar-refractivity contribution is 0.301. The Morgan fingerprint density at radius 3 is 2.58 bits per heavy atom. The molecule has 0 amide bonds. The molecule has 2 N–H and O–H groups in total. The number of nitrogens with two attached hydrogens (primary N) is 1. The molecule has 0 spiro atoms. The molecule has 0 radical (unpaired) electrons. The predicted octanol–water partition coefficient (Wildman–Crippen LogP) is 2.94. The molecule has 1 heterocycles. The summed E-state index contributed by atoms with van der Waals surface area (Å²) in [6.07, 6.45) is 3.68. The van der Waals surface area contributed by atoms with Crippen LogP contribution in [0.2, 0.25) is 0 Å². The molecule has 3 heteroatoms. The van der Waals surface area contributed by atoms with Crippen LogP contribution in [0.15, 0.2) is 48.7 Å². The summed E-state index contributed by atoms with van der Waals surface area (Å²) in [5.74, 6) is 0.861. The molecule has 0 saturated heterocycles. The smallest absolute Gasteiger partial charge is 0.130 e. The van der Waals surface area contributed by atoms with Crippen molar-refractivity contribution >= 4 is 0 Å². The van der Waals surface area contributed by atoms with Crippen LogP contribution in [0.4, 0.5) is 0 Å². The number of rotatable bonds is 6. The van der Waals surface area contributed by atoms with E-state index in [1.165, 1.54) is 5.56 Å². The van der Waals surface area contributed by atoms with E-state index in [4.69, 9.17) is 10.5 Å². The van der Waals surface area contributed by atoms with E-state index in [0.29, 0.717) is 6.61 Å². The summed E-state index contributed by atoms with van der Waals surface area (Å²) in [5, 5.41) is 0. The van der Waals surface area contributed by atoms with Gasteiger partial charge in [0.1, 0.15) is 12.4 Å². The highest BCUT2D eigenvalue weighted by atomic mass is 16.5. The third kappa shape index (κ3) is 4.38. The minimum absolute atomic E-state index is 0.236. The first-order valence-electron chi connectivity index (χ1n) is 6.65. The minimum Gasteiger partial charge on any atom is -0.487 e. The zero-order chi connectivity index (χ0) is 13.5. The molecular formula is C16H20N2O. The molecule has 0 aliphatic rings.